The van der Waals surface area contributed by atoms with Crippen LogP contribution in [0.1, 0.15) is 41.4 Å². The van der Waals surface area contributed by atoms with Crippen molar-refractivity contribution in [1.29, 1.82) is 0 Å². The molecule has 0 spiro atoms. The number of benzene rings is 2. The first-order valence-electron chi connectivity index (χ1n) is 15.3. The first kappa shape index (κ1) is 34.7. The Balaban J connectivity index is 1.17. The Kier molecular flexibility index (Phi) is 10.6. The van der Waals surface area contributed by atoms with Crippen LogP contribution in [-0.4, -0.2) is 89.4 Å². The molecule has 15 heteroatoms. The highest BCUT2D eigenvalue weighted by atomic mass is 32.2. The Bertz CT molecular complexity index is 1850. The number of nitrogens with two attached hydrogens (primary N) is 1. The van der Waals surface area contributed by atoms with Gasteiger partial charge in [0.2, 0.25) is 15.9 Å². The number of carbonyl (C=O) groups is 2. The molecule has 3 amide bonds. The van der Waals surface area contributed by atoms with Crippen LogP contribution in [-0.2, 0) is 16.6 Å². The molecule has 0 atom stereocenters. The number of pyridine rings is 1. The van der Waals surface area contributed by atoms with Gasteiger partial charge in [-0.3, -0.25) is 9.69 Å². The summed E-state index contributed by atoms with van der Waals surface area (Å²) in [6.07, 6.45) is 0.607. The summed E-state index contributed by atoms with van der Waals surface area (Å²) >= 11 is 0. The number of sulfonamides is 1. The zero-order valence-corrected chi connectivity index (χ0v) is 27.3. The SMILES string of the molecule is CC#CCN(C(=O)Nc1cc(C(N)=O)c(F)cc1F)C1CCN(Cc2ccc(Oc3ccc(S(=O)(=O)N4CC(O)C4)cc3)nc2C)CC1. The summed E-state index contributed by atoms with van der Waals surface area (Å²) < 4.78 is 60.7. The molecule has 12 nitrogen and oxygen atoms in total. The zero-order valence-electron chi connectivity index (χ0n) is 26.4. The van der Waals surface area contributed by atoms with Crippen molar-refractivity contribution in [2.75, 3.05) is 38.0 Å². The van der Waals surface area contributed by atoms with Gasteiger partial charge in [-0.2, -0.15) is 4.31 Å². The molecule has 1 aromatic heterocycles. The van der Waals surface area contributed by atoms with E-state index in [0.717, 1.165) is 17.3 Å². The Morgan fingerprint density at radius 1 is 1.10 bits per heavy atom. The van der Waals surface area contributed by atoms with Crippen molar-refractivity contribution in [2.45, 2.75) is 50.3 Å². The molecule has 0 bridgehead atoms. The third-order valence-corrected chi connectivity index (χ3v) is 10.2. The van der Waals surface area contributed by atoms with E-state index < -0.39 is 45.3 Å². The van der Waals surface area contributed by atoms with Crippen molar-refractivity contribution >= 4 is 27.6 Å². The quantitative estimate of drug-likeness (QED) is 0.275. The number of nitrogens with zero attached hydrogens (tertiary/aromatic N) is 4. The predicted molar refractivity (Wildman–Crippen MR) is 173 cm³/mol. The molecule has 0 aliphatic carbocycles. The monoisotopic (exact) mass is 682 g/mol. The Morgan fingerprint density at radius 2 is 1.79 bits per heavy atom. The second kappa shape index (κ2) is 14.7. The van der Waals surface area contributed by atoms with Crippen molar-refractivity contribution in [3.63, 3.8) is 0 Å². The Labute approximate surface area is 277 Å². The molecular weight excluding hydrogens is 646 g/mol. The maximum absolute atomic E-state index is 14.4. The number of aliphatic hydroxyl groups is 1. The summed E-state index contributed by atoms with van der Waals surface area (Å²) in [5.74, 6) is 3.21. The number of ether oxygens (including phenoxy) is 1. The molecule has 2 saturated heterocycles. The van der Waals surface area contributed by atoms with Crippen LogP contribution in [0.2, 0.25) is 0 Å². The van der Waals surface area contributed by atoms with Crippen LogP contribution in [0.5, 0.6) is 11.6 Å². The Hall–Kier alpha value is -4.62. The average molecular weight is 683 g/mol. The number of likely N-dealkylation sites (tertiary alicyclic amines) is 1. The van der Waals surface area contributed by atoms with E-state index in [0.29, 0.717) is 50.2 Å². The lowest BCUT2D eigenvalue weighted by Crippen LogP contribution is -2.53. The average Bonchev–Trinajstić information content (AvgIpc) is 3.03. The number of amides is 3. The lowest BCUT2D eigenvalue weighted by Gasteiger charge is -2.38. The number of hydrogen-bond acceptors (Lipinski definition) is 8. The van der Waals surface area contributed by atoms with Crippen molar-refractivity contribution in [2.24, 2.45) is 5.73 Å². The number of primary amides is 1. The number of carbonyl (C=O) groups excluding carboxylic acids is 2. The van der Waals surface area contributed by atoms with E-state index in [-0.39, 0.29) is 36.3 Å². The van der Waals surface area contributed by atoms with E-state index in [1.165, 1.54) is 21.3 Å². The van der Waals surface area contributed by atoms with Crippen LogP contribution >= 0.6 is 0 Å². The van der Waals surface area contributed by atoms with Crippen LogP contribution in [0.25, 0.3) is 0 Å². The summed E-state index contributed by atoms with van der Waals surface area (Å²) in [7, 11) is -3.66. The van der Waals surface area contributed by atoms with Crippen LogP contribution in [0.15, 0.2) is 53.4 Å². The third kappa shape index (κ3) is 7.91. The van der Waals surface area contributed by atoms with Crippen LogP contribution in [0.4, 0.5) is 19.3 Å². The minimum Gasteiger partial charge on any atom is -0.439 e. The lowest BCUT2D eigenvalue weighted by atomic mass is 10.0. The minimum absolute atomic E-state index is 0.0838. The molecule has 48 heavy (non-hydrogen) atoms. The number of halogens is 2. The number of anilines is 1. The van der Waals surface area contributed by atoms with Gasteiger partial charge >= 0.3 is 6.03 Å². The minimum atomic E-state index is -3.66. The number of hydrogen-bond donors (Lipinski definition) is 3. The maximum atomic E-state index is 14.4. The maximum Gasteiger partial charge on any atom is 0.322 e. The largest absolute Gasteiger partial charge is 0.439 e. The number of rotatable bonds is 10. The number of β-amino-alcohol motifs (C(OH)–C–C–N with tert-alkyl or cyclic N) is 1. The highest BCUT2D eigenvalue weighted by Crippen LogP contribution is 2.27. The molecule has 2 aliphatic rings. The van der Waals surface area contributed by atoms with Crippen molar-refractivity contribution in [3.05, 3.63) is 77.0 Å². The normalized spacial score (nSPS) is 16.0. The fraction of sp³-hybridized carbons (Fsp3) is 0.364. The van der Waals surface area contributed by atoms with Gasteiger partial charge in [0, 0.05) is 56.6 Å². The fourth-order valence-corrected chi connectivity index (χ4v) is 7.05. The second-order valence-electron chi connectivity index (χ2n) is 11.6. The van der Waals surface area contributed by atoms with Gasteiger partial charge in [-0.1, -0.05) is 12.0 Å². The molecule has 254 valence electrons. The molecule has 4 N–H and O–H groups in total. The van der Waals surface area contributed by atoms with Gasteiger partial charge in [-0.05, 0) is 62.6 Å². The summed E-state index contributed by atoms with van der Waals surface area (Å²) in [6.45, 7) is 5.73. The van der Waals surface area contributed by atoms with Crippen LogP contribution in [0, 0.1) is 30.4 Å². The topological polar surface area (TPSA) is 158 Å². The number of urea groups is 1. The number of piperidine rings is 1. The van der Waals surface area contributed by atoms with Crippen LogP contribution in [0.3, 0.4) is 0 Å². The van der Waals surface area contributed by atoms with Crippen molar-refractivity contribution in [1.82, 2.24) is 19.1 Å². The van der Waals surface area contributed by atoms with E-state index in [9.17, 15) is 31.9 Å². The van der Waals surface area contributed by atoms with Gasteiger partial charge in [0.15, 0.2) is 0 Å². The second-order valence-corrected chi connectivity index (χ2v) is 13.5. The lowest BCUT2D eigenvalue weighted by molar-refractivity contribution is 0.0548. The number of aromatic nitrogens is 1. The molecule has 3 heterocycles. The van der Waals surface area contributed by atoms with E-state index in [1.807, 2.05) is 13.0 Å². The molecule has 5 rings (SSSR count). The smallest absolute Gasteiger partial charge is 0.322 e. The van der Waals surface area contributed by atoms with E-state index in [1.54, 1.807) is 25.1 Å². The van der Waals surface area contributed by atoms with Gasteiger partial charge in [-0.25, -0.2) is 27.0 Å². The number of aryl methyl sites for hydroxylation is 1. The summed E-state index contributed by atoms with van der Waals surface area (Å²) in [5, 5.41) is 11.9. The molecule has 2 aromatic carbocycles. The van der Waals surface area contributed by atoms with Gasteiger partial charge in [0.05, 0.1) is 28.8 Å². The molecule has 0 unspecified atom stereocenters. The van der Waals surface area contributed by atoms with Gasteiger partial charge in [0.25, 0.3) is 5.91 Å². The number of nitrogens with one attached hydrogen (secondary N) is 1. The molecule has 2 aliphatic heterocycles. The third-order valence-electron chi connectivity index (χ3n) is 8.33. The standard InChI is InChI=1S/C33H36F2N6O6S/c1-3-4-13-41(33(44)38-30-16-27(32(36)43)28(34)17-29(30)35)23-11-14-39(15-12-23)18-22-5-10-31(37-21(22)2)47-25-6-8-26(9-7-25)48(45,46)40-19-24(42)20-40/h5-10,16-17,23-24,42H,11-15,18-20H2,1-2H3,(H2,36,43)(H,38,44). The first-order valence-corrected chi connectivity index (χ1v) is 16.7. The van der Waals surface area contributed by atoms with Crippen molar-refractivity contribution < 1.29 is 36.6 Å². The van der Waals surface area contributed by atoms with Gasteiger partial charge in [-0.15, -0.1) is 5.92 Å². The molecule has 0 saturated carbocycles. The molecule has 3 aromatic rings. The Morgan fingerprint density at radius 3 is 2.40 bits per heavy atom. The predicted octanol–water partition coefficient (Wildman–Crippen LogP) is 3.45. The van der Waals surface area contributed by atoms with Gasteiger partial charge < -0.3 is 25.8 Å². The van der Waals surface area contributed by atoms with E-state index >= 15 is 0 Å². The zero-order chi connectivity index (χ0) is 34.6. The molecule has 2 fully saturated rings. The first-order chi connectivity index (χ1) is 22.8. The van der Waals surface area contributed by atoms with Crippen LogP contribution < -0.4 is 15.8 Å². The summed E-state index contributed by atoms with van der Waals surface area (Å²) in [5.41, 5.74) is 6.04. The summed E-state index contributed by atoms with van der Waals surface area (Å²) in [6, 6.07) is 10.3. The van der Waals surface area contributed by atoms with E-state index in [4.69, 9.17) is 10.5 Å². The van der Waals surface area contributed by atoms with Gasteiger partial charge in [0.1, 0.15) is 17.4 Å². The fourth-order valence-electron chi connectivity index (χ4n) is 5.53. The molecular formula is C33H36F2N6O6S. The highest BCUT2D eigenvalue weighted by Gasteiger charge is 2.35. The van der Waals surface area contributed by atoms with Crippen molar-refractivity contribution in [3.8, 4) is 23.5 Å². The highest BCUT2D eigenvalue weighted by molar-refractivity contribution is 7.89. The summed E-state index contributed by atoms with van der Waals surface area (Å²) in [4.78, 5) is 33.2. The molecule has 0 radical (unpaired) electrons. The number of aliphatic hydroxyl groups excluding tert-OH is 1. The van der Waals surface area contributed by atoms with E-state index in [2.05, 4.69) is 27.0 Å².